The minimum absolute atomic E-state index is 0.732. The van der Waals surface area contributed by atoms with Gasteiger partial charge in [-0.2, -0.15) is 0 Å². The molecule has 108 valence electrons. The van der Waals surface area contributed by atoms with E-state index < -0.39 is 0 Å². The zero-order chi connectivity index (χ0) is 14.5. The van der Waals surface area contributed by atoms with Gasteiger partial charge >= 0.3 is 0 Å². The van der Waals surface area contributed by atoms with Crippen molar-refractivity contribution >= 4 is 16.7 Å². The number of aromatic amines is 1. The average molecular weight is 281 g/mol. The largest absolute Gasteiger partial charge is 0.384 e. The summed E-state index contributed by atoms with van der Waals surface area (Å²) in [5.74, 6) is 0. The Balaban J connectivity index is 1.75. The van der Waals surface area contributed by atoms with Crippen molar-refractivity contribution in [3.05, 3.63) is 59.9 Å². The van der Waals surface area contributed by atoms with E-state index in [2.05, 4.69) is 45.6 Å². The van der Waals surface area contributed by atoms with E-state index in [4.69, 9.17) is 4.74 Å². The van der Waals surface area contributed by atoms with Crippen molar-refractivity contribution in [2.24, 2.45) is 0 Å². The molecule has 2 heterocycles. The van der Waals surface area contributed by atoms with Crippen molar-refractivity contribution in [1.29, 1.82) is 0 Å². The molecule has 3 aromatic rings. The number of benzene rings is 1. The van der Waals surface area contributed by atoms with Gasteiger partial charge in [-0.25, -0.2) is 4.98 Å². The highest BCUT2D eigenvalue weighted by molar-refractivity contribution is 5.79. The lowest BCUT2D eigenvalue weighted by Gasteiger charge is -2.11. The molecule has 0 unspecified atom stereocenters. The summed E-state index contributed by atoms with van der Waals surface area (Å²) in [5.41, 5.74) is 4.59. The van der Waals surface area contributed by atoms with E-state index in [-0.39, 0.29) is 0 Å². The van der Waals surface area contributed by atoms with Gasteiger partial charge in [0.2, 0.25) is 0 Å². The van der Waals surface area contributed by atoms with E-state index in [1.54, 1.807) is 13.3 Å². The molecule has 0 radical (unpaired) electrons. The third kappa shape index (κ3) is 3.06. The second-order valence-corrected chi connectivity index (χ2v) is 4.97. The van der Waals surface area contributed by atoms with Crippen LogP contribution in [0.1, 0.15) is 11.1 Å². The summed E-state index contributed by atoms with van der Waals surface area (Å²) < 4.78 is 5.17. The van der Waals surface area contributed by atoms with Gasteiger partial charge in [0.1, 0.15) is 5.65 Å². The predicted molar refractivity (Wildman–Crippen MR) is 85.4 cm³/mol. The molecule has 0 amide bonds. The Kier molecular flexibility index (Phi) is 4.17. The van der Waals surface area contributed by atoms with Crippen LogP contribution >= 0.6 is 0 Å². The summed E-state index contributed by atoms with van der Waals surface area (Å²) in [4.78, 5) is 7.52. The molecule has 0 aliphatic heterocycles. The molecule has 2 aromatic heterocycles. The van der Waals surface area contributed by atoms with Crippen molar-refractivity contribution in [2.45, 2.75) is 13.0 Å². The molecular formula is C17H19N3O. The number of nitrogens with one attached hydrogen (secondary N) is 2. The van der Waals surface area contributed by atoms with Gasteiger partial charge in [-0.05, 0) is 35.7 Å². The third-order valence-electron chi connectivity index (χ3n) is 3.60. The summed E-state index contributed by atoms with van der Waals surface area (Å²) >= 11 is 0. The van der Waals surface area contributed by atoms with Gasteiger partial charge in [0.05, 0.1) is 6.61 Å². The highest BCUT2D eigenvalue weighted by Crippen LogP contribution is 2.20. The normalized spacial score (nSPS) is 10.9. The molecule has 21 heavy (non-hydrogen) atoms. The van der Waals surface area contributed by atoms with Crippen LogP contribution in [0.3, 0.4) is 0 Å². The maximum atomic E-state index is 5.17. The topological polar surface area (TPSA) is 49.9 Å². The number of fused-ring (bicyclic) bond motifs is 1. The van der Waals surface area contributed by atoms with E-state index in [0.717, 1.165) is 30.9 Å². The molecule has 2 N–H and O–H groups in total. The molecule has 3 rings (SSSR count). The van der Waals surface area contributed by atoms with Crippen LogP contribution in [0.2, 0.25) is 0 Å². The number of hydrogen-bond acceptors (Lipinski definition) is 3. The van der Waals surface area contributed by atoms with Gasteiger partial charge in [0.25, 0.3) is 0 Å². The zero-order valence-corrected chi connectivity index (χ0v) is 12.1. The molecule has 0 spiro atoms. The number of ether oxygens (including phenoxy) is 1. The van der Waals surface area contributed by atoms with Crippen LogP contribution in [0, 0.1) is 0 Å². The molecule has 4 nitrogen and oxygen atoms in total. The first-order valence-corrected chi connectivity index (χ1v) is 7.10. The van der Waals surface area contributed by atoms with Crippen LogP contribution in [0.4, 0.5) is 5.69 Å². The number of anilines is 1. The molecule has 4 heteroatoms. The van der Waals surface area contributed by atoms with Crippen molar-refractivity contribution in [1.82, 2.24) is 9.97 Å². The molecular weight excluding hydrogens is 262 g/mol. The van der Waals surface area contributed by atoms with E-state index in [1.807, 2.05) is 12.3 Å². The predicted octanol–water partition coefficient (Wildman–Crippen LogP) is 3.36. The number of pyridine rings is 1. The summed E-state index contributed by atoms with van der Waals surface area (Å²) in [6.07, 6.45) is 4.73. The van der Waals surface area contributed by atoms with E-state index >= 15 is 0 Å². The average Bonchev–Trinajstić information content (AvgIpc) is 2.95. The second kappa shape index (κ2) is 6.41. The maximum Gasteiger partial charge on any atom is 0.137 e. The number of aromatic nitrogens is 2. The van der Waals surface area contributed by atoms with Gasteiger partial charge in [-0.15, -0.1) is 0 Å². The second-order valence-electron chi connectivity index (χ2n) is 4.97. The fraction of sp³-hybridized carbons (Fsp3) is 0.235. The van der Waals surface area contributed by atoms with E-state index in [1.165, 1.54) is 16.5 Å². The number of methoxy groups -OCH3 is 1. The minimum atomic E-state index is 0.732. The number of para-hydroxylation sites is 1. The highest BCUT2D eigenvalue weighted by Gasteiger charge is 2.05. The van der Waals surface area contributed by atoms with Crippen LogP contribution in [0.5, 0.6) is 0 Å². The monoisotopic (exact) mass is 281 g/mol. The fourth-order valence-corrected chi connectivity index (χ4v) is 2.47. The number of rotatable bonds is 6. The smallest absolute Gasteiger partial charge is 0.137 e. The molecule has 0 fully saturated rings. The lowest BCUT2D eigenvalue weighted by Crippen LogP contribution is -2.04. The summed E-state index contributed by atoms with van der Waals surface area (Å²) in [6, 6.07) is 12.4. The quantitative estimate of drug-likeness (QED) is 0.728. The number of H-pyrrole nitrogens is 1. The molecule has 0 aliphatic carbocycles. The molecule has 1 aromatic carbocycles. The summed E-state index contributed by atoms with van der Waals surface area (Å²) in [7, 11) is 1.73. The van der Waals surface area contributed by atoms with Gasteiger partial charge < -0.3 is 15.0 Å². The molecule has 0 atom stereocenters. The number of nitrogens with zero attached hydrogens (tertiary/aromatic N) is 1. The van der Waals surface area contributed by atoms with Gasteiger partial charge in [-0.3, -0.25) is 0 Å². The minimum Gasteiger partial charge on any atom is -0.384 e. The van der Waals surface area contributed by atoms with E-state index in [0.29, 0.717) is 0 Å². The van der Waals surface area contributed by atoms with Crippen molar-refractivity contribution in [3.63, 3.8) is 0 Å². The van der Waals surface area contributed by atoms with Gasteiger partial charge in [0, 0.05) is 37.1 Å². The van der Waals surface area contributed by atoms with Gasteiger partial charge in [-0.1, -0.05) is 18.2 Å². The van der Waals surface area contributed by atoms with Crippen LogP contribution in [0.25, 0.3) is 11.0 Å². The SMILES string of the molecule is COCCc1ccccc1NCc1c[nH]c2ncccc12. The van der Waals surface area contributed by atoms with Crippen molar-refractivity contribution < 1.29 is 4.74 Å². The fourth-order valence-electron chi connectivity index (χ4n) is 2.47. The summed E-state index contributed by atoms with van der Waals surface area (Å²) in [5, 5.41) is 4.68. The lowest BCUT2D eigenvalue weighted by molar-refractivity contribution is 0.202. The first-order chi connectivity index (χ1) is 10.4. The number of hydrogen-bond donors (Lipinski definition) is 2. The standard InChI is InChI=1S/C17H19N3O/c1-21-10-8-13-5-2-3-7-16(13)19-11-14-12-20-17-15(14)6-4-9-18-17/h2-7,9,12,19H,8,10-11H2,1H3,(H,18,20). The van der Waals surface area contributed by atoms with Crippen LogP contribution in [-0.4, -0.2) is 23.7 Å². The van der Waals surface area contributed by atoms with Crippen LogP contribution in [0.15, 0.2) is 48.8 Å². The first-order valence-electron chi connectivity index (χ1n) is 7.10. The first kappa shape index (κ1) is 13.6. The Labute approximate surface area is 124 Å². The Bertz CT molecular complexity index is 721. The Hall–Kier alpha value is -2.33. The Morgan fingerprint density at radius 2 is 2.05 bits per heavy atom. The Morgan fingerprint density at radius 1 is 1.14 bits per heavy atom. The molecule has 0 saturated carbocycles. The lowest BCUT2D eigenvalue weighted by atomic mass is 10.1. The molecule has 0 saturated heterocycles. The van der Waals surface area contributed by atoms with Crippen molar-refractivity contribution in [3.8, 4) is 0 Å². The van der Waals surface area contributed by atoms with Gasteiger partial charge in [0.15, 0.2) is 0 Å². The molecule has 0 bridgehead atoms. The zero-order valence-electron chi connectivity index (χ0n) is 12.1. The summed E-state index contributed by atoms with van der Waals surface area (Å²) in [6.45, 7) is 1.51. The Morgan fingerprint density at radius 3 is 2.95 bits per heavy atom. The van der Waals surface area contributed by atoms with Crippen LogP contribution < -0.4 is 5.32 Å². The van der Waals surface area contributed by atoms with Crippen LogP contribution in [-0.2, 0) is 17.7 Å². The van der Waals surface area contributed by atoms with E-state index in [9.17, 15) is 0 Å². The third-order valence-corrected chi connectivity index (χ3v) is 3.60. The highest BCUT2D eigenvalue weighted by atomic mass is 16.5. The van der Waals surface area contributed by atoms with Crippen molar-refractivity contribution in [2.75, 3.05) is 19.0 Å². The maximum absolute atomic E-state index is 5.17. The molecule has 0 aliphatic rings.